The van der Waals surface area contributed by atoms with Gasteiger partial charge >= 0.3 is 0 Å². The number of hydrogen-bond donors (Lipinski definition) is 1. The highest BCUT2D eigenvalue weighted by molar-refractivity contribution is 5.62. The predicted octanol–water partition coefficient (Wildman–Crippen LogP) is 2.36. The molecule has 2 heterocycles. The van der Waals surface area contributed by atoms with E-state index in [2.05, 4.69) is 14.9 Å². The molecule has 0 atom stereocenters. The Bertz CT molecular complexity index is 573. The molecule has 1 aromatic carbocycles. The van der Waals surface area contributed by atoms with Gasteiger partial charge in [-0.05, 0) is 31.2 Å². The van der Waals surface area contributed by atoms with E-state index in [0.29, 0.717) is 0 Å². The molecule has 0 spiro atoms. The molecule has 0 bridgehead atoms. The first-order chi connectivity index (χ1) is 9.72. The molecule has 1 saturated heterocycles. The molecule has 20 heavy (non-hydrogen) atoms. The van der Waals surface area contributed by atoms with Gasteiger partial charge in [0.05, 0.1) is 24.6 Å². The number of hydrogen-bond acceptors (Lipinski definition) is 3. The monoisotopic (exact) mass is 275 g/mol. The van der Waals surface area contributed by atoms with E-state index in [1.165, 1.54) is 12.1 Å². The van der Waals surface area contributed by atoms with Crippen LogP contribution in [0.15, 0.2) is 24.3 Å². The first-order valence-corrected chi connectivity index (χ1v) is 6.84. The van der Waals surface area contributed by atoms with E-state index in [4.69, 9.17) is 4.74 Å². The Morgan fingerprint density at radius 1 is 1.25 bits per heavy atom. The third-order valence-electron chi connectivity index (χ3n) is 3.51. The van der Waals surface area contributed by atoms with Crippen LogP contribution in [0.5, 0.6) is 0 Å². The fourth-order valence-corrected chi connectivity index (χ4v) is 2.48. The van der Waals surface area contributed by atoms with E-state index in [1.54, 1.807) is 12.1 Å². The summed E-state index contributed by atoms with van der Waals surface area (Å²) in [5, 5.41) is 0. The van der Waals surface area contributed by atoms with E-state index in [9.17, 15) is 4.39 Å². The van der Waals surface area contributed by atoms with Crippen LogP contribution in [0.25, 0.3) is 11.3 Å². The van der Waals surface area contributed by atoms with Gasteiger partial charge in [0.2, 0.25) is 0 Å². The third-order valence-corrected chi connectivity index (χ3v) is 3.51. The number of morpholine rings is 1. The number of nitrogens with one attached hydrogen (secondary N) is 1. The van der Waals surface area contributed by atoms with Crippen molar-refractivity contribution in [1.82, 2.24) is 14.9 Å². The summed E-state index contributed by atoms with van der Waals surface area (Å²) in [6, 6.07) is 6.52. The maximum absolute atomic E-state index is 13.0. The molecule has 2 aromatic rings. The Morgan fingerprint density at radius 2 is 1.95 bits per heavy atom. The number of aromatic amines is 1. The molecule has 0 aliphatic carbocycles. The summed E-state index contributed by atoms with van der Waals surface area (Å²) >= 11 is 0. The Labute approximate surface area is 117 Å². The van der Waals surface area contributed by atoms with E-state index in [-0.39, 0.29) is 5.82 Å². The van der Waals surface area contributed by atoms with Gasteiger partial charge in [0.1, 0.15) is 11.6 Å². The minimum absolute atomic E-state index is 0.222. The van der Waals surface area contributed by atoms with Crippen molar-refractivity contribution in [2.75, 3.05) is 26.3 Å². The van der Waals surface area contributed by atoms with Gasteiger partial charge in [-0.2, -0.15) is 0 Å². The summed E-state index contributed by atoms with van der Waals surface area (Å²) in [7, 11) is 0. The van der Waals surface area contributed by atoms with Crippen molar-refractivity contribution in [3.63, 3.8) is 0 Å². The summed E-state index contributed by atoms with van der Waals surface area (Å²) in [5.74, 6) is 0.660. The lowest BCUT2D eigenvalue weighted by Crippen LogP contribution is -2.35. The van der Waals surface area contributed by atoms with Crippen molar-refractivity contribution in [2.24, 2.45) is 0 Å². The van der Waals surface area contributed by atoms with Gasteiger partial charge in [0.25, 0.3) is 0 Å². The summed E-state index contributed by atoms with van der Waals surface area (Å²) in [5.41, 5.74) is 2.96. The topological polar surface area (TPSA) is 41.2 Å². The number of benzene rings is 1. The third kappa shape index (κ3) is 2.89. The summed E-state index contributed by atoms with van der Waals surface area (Å²) in [4.78, 5) is 10.2. The minimum Gasteiger partial charge on any atom is -0.379 e. The summed E-state index contributed by atoms with van der Waals surface area (Å²) < 4.78 is 18.4. The molecule has 1 aliphatic heterocycles. The zero-order valence-corrected chi connectivity index (χ0v) is 11.5. The van der Waals surface area contributed by atoms with Gasteiger partial charge in [-0.1, -0.05) is 0 Å². The van der Waals surface area contributed by atoms with Gasteiger partial charge in [-0.3, -0.25) is 4.90 Å². The van der Waals surface area contributed by atoms with Crippen LogP contribution in [-0.2, 0) is 11.3 Å². The van der Waals surface area contributed by atoms with Crippen LogP contribution >= 0.6 is 0 Å². The summed E-state index contributed by atoms with van der Waals surface area (Å²) in [6.07, 6.45) is 0. The Kier molecular flexibility index (Phi) is 3.80. The average Bonchev–Trinajstić information content (AvgIpc) is 2.81. The van der Waals surface area contributed by atoms with Crippen molar-refractivity contribution in [3.05, 3.63) is 41.6 Å². The molecule has 1 fully saturated rings. The van der Waals surface area contributed by atoms with Crippen molar-refractivity contribution in [3.8, 4) is 11.3 Å². The number of aryl methyl sites for hydroxylation is 1. The highest BCUT2D eigenvalue weighted by atomic mass is 19.1. The standard InChI is InChI=1S/C15H18FN3O/c1-11-17-14(10-19-6-8-20-9-7-19)15(18-11)12-2-4-13(16)5-3-12/h2-5H,6-10H2,1H3,(H,17,18). The lowest BCUT2D eigenvalue weighted by atomic mass is 10.1. The first-order valence-electron chi connectivity index (χ1n) is 6.84. The molecule has 1 aromatic heterocycles. The second-order valence-electron chi connectivity index (χ2n) is 5.04. The molecular weight excluding hydrogens is 257 g/mol. The number of aromatic nitrogens is 2. The molecule has 0 radical (unpaired) electrons. The number of imidazole rings is 1. The van der Waals surface area contributed by atoms with Gasteiger partial charge < -0.3 is 9.72 Å². The Morgan fingerprint density at radius 3 is 2.65 bits per heavy atom. The van der Waals surface area contributed by atoms with E-state index in [1.807, 2.05) is 6.92 Å². The smallest absolute Gasteiger partial charge is 0.123 e. The number of halogens is 1. The largest absolute Gasteiger partial charge is 0.379 e. The molecule has 0 saturated carbocycles. The van der Waals surface area contributed by atoms with E-state index in [0.717, 1.165) is 55.6 Å². The Balaban J connectivity index is 1.85. The second kappa shape index (κ2) is 5.73. The molecular formula is C15H18FN3O. The molecule has 1 aliphatic rings. The van der Waals surface area contributed by atoms with Gasteiger partial charge in [0, 0.05) is 25.2 Å². The fraction of sp³-hybridized carbons (Fsp3) is 0.400. The van der Waals surface area contributed by atoms with Gasteiger partial charge in [-0.25, -0.2) is 9.37 Å². The maximum Gasteiger partial charge on any atom is 0.123 e. The highest BCUT2D eigenvalue weighted by Gasteiger charge is 2.16. The first kappa shape index (κ1) is 13.3. The fourth-order valence-electron chi connectivity index (χ4n) is 2.48. The van der Waals surface area contributed by atoms with Crippen molar-refractivity contribution < 1.29 is 9.13 Å². The highest BCUT2D eigenvalue weighted by Crippen LogP contribution is 2.23. The second-order valence-corrected chi connectivity index (χ2v) is 5.04. The molecule has 4 nitrogen and oxygen atoms in total. The summed E-state index contributed by atoms with van der Waals surface area (Å²) in [6.45, 7) is 6.13. The number of ether oxygens (including phenoxy) is 1. The average molecular weight is 275 g/mol. The molecule has 0 unspecified atom stereocenters. The van der Waals surface area contributed by atoms with Crippen LogP contribution in [0.1, 0.15) is 11.5 Å². The van der Waals surface area contributed by atoms with Crippen LogP contribution in [0.3, 0.4) is 0 Å². The number of nitrogens with zero attached hydrogens (tertiary/aromatic N) is 2. The number of H-pyrrole nitrogens is 1. The van der Waals surface area contributed by atoms with E-state index < -0.39 is 0 Å². The molecule has 1 N–H and O–H groups in total. The van der Waals surface area contributed by atoms with Gasteiger partial charge in [-0.15, -0.1) is 0 Å². The van der Waals surface area contributed by atoms with Gasteiger partial charge in [0.15, 0.2) is 0 Å². The lowest BCUT2D eigenvalue weighted by molar-refractivity contribution is 0.0337. The number of rotatable bonds is 3. The normalized spacial score (nSPS) is 16.5. The predicted molar refractivity (Wildman–Crippen MR) is 74.8 cm³/mol. The van der Waals surface area contributed by atoms with Crippen LogP contribution in [-0.4, -0.2) is 41.2 Å². The SMILES string of the molecule is Cc1nc(CN2CCOCC2)c(-c2ccc(F)cc2)[nH]1. The van der Waals surface area contributed by atoms with E-state index >= 15 is 0 Å². The zero-order chi connectivity index (χ0) is 13.9. The lowest BCUT2D eigenvalue weighted by Gasteiger charge is -2.26. The van der Waals surface area contributed by atoms with Crippen LogP contribution in [0, 0.1) is 12.7 Å². The maximum atomic E-state index is 13.0. The van der Waals surface area contributed by atoms with Crippen LogP contribution in [0.2, 0.25) is 0 Å². The van der Waals surface area contributed by atoms with Crippen LogP contribution < -0.4 is 0 Å². The molecule has 3 rings (SSSR count). The van der Waals surface area contributed by atoms with Crippen molar-refractivity contribution in [1.29, 1.82) is 0 Å². The minimum atomic E-state index is -0.222. The quantitative estimate of drug-likeness (QED) is 0.935. The van der Waals surface area contributed by atoms with Crippen molar-refractivity contribution in [2.45, 2.75) is 13.5 Å². The molecule has 5 heteroatoms. The Hall–Kier alpha value is -1.72. The van der Waals surface area contributed by atoms with Crippen LogP contribution in [0.4, 0.5) is 4.39 Å². The molecule has 106 valence electrons. The molecule has 0 amide bonds. The van der Waals surface area contributed by atoms with Crippen molar-refractivity contribution >= 4 is 0 Å². The zero-order valence-electron chi connectivity index (χ0n) is 11.5.